The van der Waals surface area contributed by atoms with E-state index in [4.69, 9.17) is 5.73 Å². The highest BCUT2D eigenvalue weighted by molar-refractivity contribution is 5.72. The van der Waals surface area contributed by atoms with Crippen molar-refractivity contribution in [2.24, 2.45) is 47.2 Å². The number of fused-ring (bicyclic) bond motifs is 1. The predicted molar refractivity (Wildman–Crippen MR) is 277 cm³/mol. The van der Waals surface area contributed by atoms with Crippen molar-refractivity contribution in [1.82, 2.24) is 10.3 Å². The molecule has 7 rings (SSSR count). The van der Waals surface area contributed by atoms with Crippen molar-refractivity contribution in [2.75, 3.05) is 6.54 Å². The van der Waals surface area contributed by atoms with Crippen LogP contribution in [0.4, 0.5) is 0 Å². The topological polar surface area (TPSA) is 192 Å². The molecule has 2 aromatic carbocycles. The molecule has 0 bridgehead atoms. The van der Waals surface area contributed by atoms with Gasteiger partial charge in [0.15, 0.2) is 0 Å². The summed E-state index contributed by atoms with van der Waals surface area (Å²) in [4.78, 5) is 17.0. The van der Waals surface area contributed by atoms with Gasteiger partial charge in [-0.05, 0) is 159 Å². The van der Waals surface area contributed by atoms with Crippen LogP contribution in [-0.4, -0.2) is 65.9 Å². The first-order chi connectivity index (χ1) is 33.0. The van der Waals surface area contributed by atoms with Crippen molar-refractivity contribution >= 4 is 5.97 Å². The monoisotopic (exact) mass is 948 g/mol. The van der Waals surface area contributed by atoms with E-state index in [0.717, 1.165) is 79.5 Å². The van der Waals surface area contributed by atoms with Crippen molar-refractivity contribution in [2.45, 2.75) is 180 Å². The molecule has 10 atom stereocenters. The number of aromatic amines is 1. The number of aliphatic hydroxyl groups excluding tert-OH is 2. The van der Waals surface area contributed by atoms with Gasteiger partial charge in [0, 0.05) is 53.4 Å². The van der Waals surface area contributed by atoms with Crippen LogP contribution in [0, 0.1) is 41.4 Å². The molecule has 3 aliphatic carbocycles. The third-order valence-electron chi connectivity index (χ3n) is 16.6. The lowest BCUT2D eigenvalue weighted by Gasteiger charge is -2.39. The highest BCUT2D eigenvalue weighted by Crippen LogP contribution is 2.54. The van der Waals surface area contributed by atoms with E-state index < -0.39 is 23.6 Å². The number of aromatic hydroxyl groups is 2. The summed E-state index contributed by atoms with van der Waals surface area (Å²) < 4.78 is 0. The van der Waals surface area contributed by atoms with E-state index >= 15 is 0 Å². The largest absolute Gasteiger partial charge is 0.508 e. The average Bonchev–Trinajstić information content (AvgIpc) is 3.90. The number of phenolic OH excluding ortho intramolecular Hbond substituents is 2. The number of phenols is 2. The quantitative estimate of drug-likeness (QED) is 0.0415. The summed E-state index contributed by atoms with van der Waals surface area (Å²) in [6, 6.07) is 13.9. The second kappa shape index (κ2) is 23.6. The van der Waals surface area contributed by atoms with Crippen molar-refractivity contribution in [3.63, 3.8) is 0 Å². The number of allylic oxidation sites excluding steroid dienone is 3. The van der Waals surface area contributed by atoms with Crippen LogP contribution in [0.3, 0.4) is 0 Å². The fraction of sp³-hybridized carbons (Fsp3) is 0.610. The number of benzene rings is 2. The number of aliphatic carboxylic acids is 1. The van der Waals surface area contributed by atoms with E-state index in [1.165, 1.54) is 36.5 Å². The molecule has 10 heteroatoms. The zero-order valence-corrected chi connectivity index (χ0v) is 42.3. The van der Waals surface area contributed by atoms with Gasteiger partial charge in [-0.15, -0.1) is 0 Å². The number of hydrogen-bond donors (Lipinski definition) is 9. The van der Waals surface area contributed by atoms with Crippen LogP contribution in [0.5, 0.6) is 11.5 Å². The Morgan fingerprint density at radius 2 is 1.67 bits per heavy atom. The van der Waals surface area contributed by atoms with Crippen molar-refractivity contribution in [3.05, 3.63) is 106 Å². The second-order valence-electron chi connectivity index (χ2n) is 22.6. The number of nitrogens with one attached hydrogen (secondary N) is 2. The number of unbranched alkanes of at least 4 members (excludes halogenated alkanes) is 3. The summed E-state index contributed by atoms with van der Waals surface area (Å²) in [5.74, 6) is -0.430. The van der Waals surface area contributed by atoms with E-state index in [0.29, 0.717) is 74.2 Å². The Morgan fingerprint density at radius 3 is 2.39 bits per heavy atom. The Labute approximate surface area is 412 Å². The first kappa shape index (κ1) is 52.3. The molecule has 2 fully saturated rings. The molecule has 4 aliphatic rings. The molecule has 2 heterocycles. The van der Waals surface area contributed by atoms with Crippen LogP contribution >= 0.6 is 0 Å². The molecule has 3 aromatic rings. The molecule has 10 unspecified atom stereocenters. The Hall–Kier alpha value is -4.51. The number of rotatable bonds is 19. The van der Waals surface area contributed by atoms with Crippen molar-refractivity contribution in [3.8, 4) is 22.8 Å². The van der Waals surface area contributed by atoms with Crippen molar-refractivity contribution < 1.29 is 35.4 Å². The molecule has 378 valence electrons. The van der Waals surface area contributed by atoms with Gasteiger partial charge in [-0.3, -0.25) is 4.79 Å². The molecule has 1 aromatic heterocycles. The number of aromatic nitrogens is 1. The minimum Gasteiger partial charge on any atom is -0.508 e. The van der Waals surface area contributed by atoms with Gasteiger partial charge in [-0.2, -0.15) is 0 Å². The third kappa shape index (κ3) is 13.3. The van der Waals surface area contributed by atoms with E-state index in [2.05, 4.69) is 87.4 Å². The van der Waals surface area contributed by atoms with Gasteiger partial charge >= 0.3 is 5.97 Å². The maximum absolute atomic E-state index is 13.2. The first-order valence-electron chi connectivity index (χ1n) is 26.8. The molecule has 0 amide bonds. The maximum atomic E-state index is 13.2. The highest BCUT2D eigenvalue weighted by atomic mass is 16.4. The van der Waals surface area contributed by atoms with Gasteiger partial charge in [0.05, 0.1) is 29.5 Å². The zero-order chi connectivity index (χ0) is 49.4. The Bertz CT molecular complexity index is 2280. The summed E-state index contributed by atoms with van der Waals surface area (Å²) in [6.45, 7) is 11.7. The lowest BCUT2D eigenvalue weighted by molar-refractivity contribution is -0.150. The zero-order valence-electron chi connectivity index (χ0n) is 42.3. The average molecular weight is 948 g/mol. The fourth-order valence-electron chi connectivity index (χ4n) is 12.9. The lowest BCUT2D eigenvalue weighted by atomic mass is 9.69. The molecule has 10 nitrogen and oxygen atoms in total. The van der Waals surface area contributed by atoms with Crippen LogP contribution in [0.15, 0.2) is 78.2 Å². The summed E-state index contributed by atoms with van der Waals surface area (Å²) in [6.07, 6.45) is 21.0. The van der Waals surface area contributed by atoms with Crippen LogP contribution < -0.4 is 11.1 Å². The van der Waals surface area contributed by atoms with Crippen LogP contribution in [-0.2, 0) is 17.6 Å². The number of carbonyl (C=O) groups is 1. The summed E-state index contributed by atoms with van der Waals surface area (Å²) in [5, 5.41) is 72.3. The Balaban J connectivity index is 1.18. The second-order valence-corrected chi connectivity index (χ2v) is 22.6. The number of carboxylic acids is 1. The molecule has 0 saturated heterocycles. The number of dihydropyridines is 1. The standard InChI is InChI=1S/C59H85N3O7/c1-6-7-8-11-38-14-15-41(54(65)29-38)12-9-10-13-42-18-19-47(50-28-40(27-39-23-25-61-56(60)30-39)35-59(50,69)24-22-53(64)57(42)58(67)68)51-20-21-52(62-51)48-33-46(63)34-55(66)49(48)32-44-17-16-43(37(4)5)31-45(44)26-36(2)3/h14-17,20-21,23,30-31,33-34,36-38,40-42,47,50,53-54,57,61-66,69H,6-13,18-19,22,24-29,32,35,60H2,1-5H3,(H,67,68). The molecule has 2 saturated carbocycles. The van der Waals surface area contributed by atoms with Gasteiger partial charge in [0.1, 0.15) is 11.5 Å². The summed E-state index contributed by atoms with van der Waals surface area (Å²) >= 11 is 0. The summed E-state index contributed by atoms with van der Waals surface area (Å²) in [5.41, 5.74) is 13.0. The molecular formula is C59H85N3O7. The number of aliphatic hydroxyl groups is 3. The number of nitrogens with two attached hydrogens (primary N) is 1. The Morgan fingerprint density at radius 1 is 0.884 bits per heavy atom. The van der Waals surface area contributed by atoms with Crippen LogP contribution in [0.1, 0.15) is 177 Å². The molecule has 0 radical (unpaired) electrons. The lowest BCUT2D eigenvalue weighted by Crippen LogP contribution is -2.42. The molecule has 0 spiro atoms. The highest BCUT2D eigenvalue weighted by Gasteiger charge is 2.51. The third-order valence-corrected chi connectivity index (χ3v) is 16.6. The van der Waals surface area contributed by atoms with Gasteiger partial charge in [0.25, 0.3) is 0 Å². The number of H-pyrrole nitrogens is 1. The smallest absolute Gasteiger partial charge is 0.309 e. The SMILES string of the molecule is CCCCCC1C=CC(CCCCC2CCC(c3ccc(-c4cc(O)cc(O)c4Cc4ccc(C(C)C)cc4CC(C)C)[nH]3)C3CC(CC4=CCNC(N)=C4)CC3(O)CCC(O)C2C(=O)O)C(O)C1. The molecule has 10 N–H and O–H groups in total. The number of hydrogen-bond acceptors (Lipinski definition) is 8. The normalized spacial score (nSPS) is 28.6. The van der Waals surface area contributed by atoms with Crippen molar-refractivity contribution in [1.29, 1.82) is 0 Å². The number of carboxylic acid groups (broad SMARTS) is 1. The maximum Gasteiger partial charge on any atom is 0.309 e. The van der Waals surface area contributed by atoms with Gasteiger partial charge < -0.3 is 46.7 Å². The van der Waals surface area contributed by atoms with Crippen LogP contribution in [0.2, 0.25) is 0 Å². The molecular weight excluding hydrogens is 863 g/mol. The summed E-state index contributed by atoms with van der Waals surface area (Å²) in [7, 11) is 0. The van der Waals surface area contributed by atoms with Crippen LogP contribution in [0.25, 0.3) is 11.3 Å². The van der Waals surface area contributed by atoms with Gasteiger partial charge in [-0.25, -0.2) is 0 Å². The van der Waals surface area contributed by atoms with E-state index in [-0.39, 0.29) is 53.6 Å². The van der Waals surface area contributed by atoms with E-state index in [1.54, 1.807) is 6.07 Å². The predicted octanol–water partition coefficient (Wildman–Crippen LogP) is 11.5. The van der Waals surface area contributed by atoms with E-state index in [1.807, 2.05) is 12.1 Å². The van der Waals surface area contributed by atoms with Gasteiger partial charge in [0.2, 0.25) is 0 Å². The molecule has 69 heavy (non-hydrogen) atoms. The fourth-order valence-corrected chi connectivity index (χ4v) is 12.9. The Kier molecular flexibility index (Phi) is 17.9. The molecule has 1 aliphatic heterocycles. The first-order valence-corrected chi connectivity index (χ1v) is 26.8. The minimum atomic E-state index is -1.15. The van der Waals surface area contributed by atoms with E-state index in [9.17, 15) is 35.4 Å². The van der Waals surface area contributed by atoms with Gasteiger partial charge in [-0.1, -0.05) is 103 Å². The minimum absolute atomic E-state index is 0.0277.